The third-order valence-corrected chi connectivity index (χ3v) is 6.20. The maximum Gasteiger partial charge on any atom is 0.234 e. The van der Waals surface area contributed by atoms with E-state index in [1.807, 2.05) is 18.2 Å². The van der Waals surface area contributed by atoms with E-state index in [0.717, 1.165) is 37.6 Å². The lowest BCUT2D eigenvalue weighted by atomic mass is 9.78. The Balaban J connectivity index is 1.45. The van der Waals surface area contributed by atoms with Crippen LogP contribution < -0.4 is 10.2 Å². The zero-order valence-corrected chi connectivity index (χ0v) is 16.1. The van der Waals surface area contributed by atoms with Gasteiger partial charge in [0.05, 0.1) is 6.54 Å². The molecule has 1 heterocycles. The summed E-state index contributed by atoms with van der Waals surface area (Å²) in [6.07, 6.45) is 3.65. The van der Waals surface area contributed by atoms with E-state index in [1.165, 1.54) is 18.5 Å². The van der Waals surface area contributed by atoms with Crippen LogP contribution in [0.1, 0.15) is 33.1 Å². The van der Waals surface area contributed by atoms with Crippen LogP contribution in [0.2, 0.25) is 5.02 Å². The number of hydrogen-bond donors (Lipinski definition) is 1. The molecule has 0 radical (unpaired) electrons. The fourth-order valence-corrected chi connectivity index (χ4v) is 4.26. The minimum Gasteiger partial charge on any atom is -0.369 e. The van der Waals surface area contributed by atoms with Crippen LogP contribution in [0.15, 0.2) is 24.3 Å². The van der Waals surface area contributed by atoms with E-state index in [1.54, 1.807) is 0 Å². The van der Waals surface area contributed by atoms with Crippen molar-refractivity contribution in [3.8, 4) is 0 Å². The third kappa shape index (κ3) is 4.89. The van der Waals surface area contributed by atoms with Crippen molar-refractivity contribution < 1.29 is 4.79 Å². The molecule has 1 aliphatic heterocycles. The van der Waals surface area contributed by atoms with Gasteiger partial charge in [0.25, 0.3) is 0 Å². The summed E-state index contributed by atoms with van der Waals surface area (Å²) in [5.74, 6) is 1.47. The lowest BCUT2D eigenvalue weighted by Crippen LogP contribution is -2.52. The molecule has 1 saturated carbocycles. The van der Waals surface area contributed by atoms with Crippen molar-refractivity contribution in [1.82, 2.24) is 10.2 Å². The maximum absolute atomic E-state index is 12.4. The number of anilines is 1. The first kappa shape index (κ1) is 18.5. The van der Waals surface area contributed by atoms with Gasteiger partial charge in [-0.05, 0) is 36.5 Å². The summed E-state index contributed by atoms with van der Waals surface area (Å²) in [7, 11) is 0. The normalized spacial score (nSPS) is 28.0. The summed E-state index contributed by atoms with van der Waals surface area (Å²) < 4.78 is 0. The predicted octanol–water partition coefficient (Wildman–Crippen LogP) is 3.40. The fraction of sp³-hybridized carbons (Fsp3) is 0.650. The van der Waals surface area contributed by atoms with Gasteiger partial charge in [-0.25, -0.2) is 0 Å². The van der Waals surface area contributed by atoms with Crippen molar-refractivity contribution >= 4 is 23.2 Å². The molecule has 1 aromatic carbocycles. The van der Waals surface area contributed by atoms with Crippen LogP contribution in [0.5, 0.6) is 0 Å². The Morgan fingerprint density at radius 1 is 1.20 bits per heavy atom. The molecule has 1 aromatic rings. The van der Waals surface area contributed by atoms with Gasteiger partial charge < -0.3 is 10.2 Å². The molecule has 0 aromatic heterocycles. The second-order valence-electron chi connectivity index (χ2n) is 7.68. The van der Waals surface area contributed by atoms with Crippen molar-refractivity contribution in [1.29, 1.82) is 0 Å². The van der Waals surface area contributed by atoms with Crippen LogP contribution in [-0.2, 0) is 4.79 Å². The SMILES string of the molecule is C[C@H]1[C@H](C)CCC[C@@H]1NC(=O)CN1CCN(c2cccc(Cl)c2)CC1. The largest absolute Gasteiger partial charge is 0.369 e. The van der Waals surface area contributed by atoms with E-state index < -0.39 is 0 Å². The van der Waals surface area contributed by atoms with E-state index in [0.29, 0.717) is 24.4 Å². The molecule has 1 aliphatic carbocycles. The highest BCUT2D eigenvalue weighted by Crippen LogP contribution is 2.29. The van der Waals surface area contributed by atoms with Gasteiger partial charge in [-0.15, -0.1) is 0 Å². The van der Waals surface area contributed by atoms with Crippen LogP contribution in [0, 0.1) is 11.8 Å². The second kappa shape index (κ2) is 8.41. The number of hydrogen-bond acceptors (Lipinski definition) is 3. The Bertz CT molecular complexity index is 586. The van der Waals surface area contributed by atoms with Gasteiger partial charge in [0, 0.05) is 42.9 Å². The molecule has 0 bridgehead atoms. The Kier molecular flexibility index (Phi) is 6.24. The van der Waals surface area contributed by atoms with E-state index in [9.17, 15) is 4.79 Å². The minimum atomic E-state index is 0.183. The number of nitrogens with zero attached hydrogens (tertiary/aromatic N) is 2. The number of benzene rings is 1. The molecule has 138 valence electrons. The summed E-state index contributed by atoms with van der Waals surface area (Å²) in [5.41, 5.74) is 1.17. The second-order valence-corrected chi connectivity index (χ2v) is 8.12. The van der Waals surface area contributed by atoms with Gasteiger partial charge in [0.2, 0.25) is 5.91 Å². The lowest BCUT2D eigenvalue weighted by molar-refractivity contribution is -0.123. The summed E-state index contributed by atoms with van der Waals surface area (Å²) >= 11 is 6.09. The Morgan fingerprint density at radius 3 is 2.68 bits per heavy atom. The summed E-state index contributed by atoms with van der Waals surface area (Å²) in [6, 6.07) is 8.35. The first-order valence-electron chi connectivity index (χ1n) is 9.55. The highest BCUT2D eigenvalue weighted by Gasteiger charge is 2.28. The molecule has 5 heteroatoms. The number of rotatable bonds is 4. The Morgan fingerprint density at radius 2 is 1.96 bits per heavy atom. The van der Waals surface area contributed by atoms with Crippen LogP contribution >= 0.6 is 11.6 Å². The number of carbonyl (C=O) groups excluding carboxylic acids is 1. The molecule has 2 fully saturated rings. The molecule has 1 amide bonds. The average molecular weight is 364 g/mol. The smallest absolute Gasteiger partial charge is 0.234 e. The van der Waals surface area contributed by atoms with E-state index in [-0.39, 0.29) is 5.91 Å². The quantitative estimate of drug-likeness (QED) is 0.890. The first-order valence-corrected chi connectivity index (χ1v) is 9.93. The third-order valence-electron chi connectivity index (χ3n) is 5.97. The van der Waals surface area contributed by atoms with E-state index in [4.69, 9.17) is 11.6 Å². The molecular formula is C20H30ClN3O. The number of carbonyl (C=O) groups is 1. The predicted molar refractivity (Wildman–Crippen MR) is 104 cm³/mol. The summed E-state index contributed by atoms with van der Waals surface area (Å²) in [6.45, 7) is 8.79. The van der Waals surface area contributed by atoms with Crippen molar-refractivity contribution in [2.24, 2.45) is 11.8 Å². The van der Waals surface area contributed by atoms with Crippen LogP contribution in [0.25, 0.3) is 0 Å². The molecule has 1 N–H and O–H groups in total. The van der Waals surface area contributed by atoms with Gasteiger partial charge in [-0.3, -0.25) is 9.69 Å². The van der Waals surface area contributed by atoms with Gasteiger partial charge >= 0.3 is 0 Å². The molecular weight excluding hydrogens is 334 g/mol. The van der Waals surface area contributed by atoms with Crippen LogP contribution in [-0.4, -0.2) is 49.6 Å². The number of piperazine rings is 1. The van der Waals surface area contributed by atoms with Gasteiger partial charge in [-0.2, -0.15) is 0 Å². The van der Waals surface area contributed by atoms with E-state index in [2.05, 4.69) is 35.0 Å². The topological polar surface area (TPSA) is 35.6 Å². The molecule has 25 heavy (non-hydrogen) atoms. The van der Waals surface area contributed by atoms with Crippen molar-refractivity contribution in [3.63, 3.8) is 0 Å². The summed E-state index contributed by atoms with van der Waals surface area (Å²) in [4.78, 5) is 17.0. The molecule has 0 spiro atoms. The zero-order valence-electron chi connectivity index (χ0n) is 15.4. The fourth-order valence-electron chi connectivity index (χ4n) is 4.08. The number of nitrogens with one attached hydrogen (secondary N) is 1. The highest BCUT2D eigenvalue weighted by atomic mass is 35.5. The molecule has 0 unspecified atom stereocenters. The lowest BCUT2D eigenvalue weighted by Gasteiger charge is -2.37. The molecule has 1 saturated heterocycles. The zero-order chi connectivity index (χ0) is 17.8. The average Bonchev–Trinajstić information content (AvgIpc) is 2.60. The van der Waals surface area contributed by atoms with E-state index >= 15 is 0 Å². The molecule has 3 rings (SSSR count). The Labute approximate surface area is 156 Å². The van der Waals surface area contributed by atoms with Gasteiger partial charge in [0.15, 0.2) is 0 Å². The highest BCUT2D eigenvalue weighted by molar-refractivity contribution is 6.30. The monoisotopic (exact) mass is 363 g/mol. The number of amides is 1. The molecule has 2 aliphatic rings. The van der Waals surface area contributed by atoms with Crippen molar-refractivity contribution in [2.45, 2.75) is 39.2 Å². The van der Waals surface area contributed by atoms with Crippen LogP contribution in [0.4, 0.5) is 5.69 Å². The van der Waals surface area contributed by atoms with Crippen molar-refractivity contribution in [3.05, 3.63) is 29.3 Å². The standard InChI is InChI=1S/C20H30ClN3O/c1-15-5-3-8-19(16(15)2)22-20(25)14-23-9-11-24(12-10-23)18-7-4-6-17(21)13-18/h4,6-7,13,15-16,19H,3,5,8-12,14H2,1-2H3,(H,22,25)/t15-,16+,19+/m1/s1. The first-order chi connectivity index (χ1) is 12.0. The van der Waals surface area contributed by atoms with Gasteiger partial charge in [-0.1, -0.05) is 44.4 Å². The number of halogens is 1. The maximum atomic E-state index is 12.4. The molecule has 4 nitrogen and oxygen atoms in total. The Hall–Kier alpha value is -1.26. The molecule has 3 atom stereocenters. The minimum absolute atomic E-state index is 0.183. The summed E-state index contributed by atoms with van der Waals surface area (Å²) in [5, 5.41) is 4.06. The van der Waals surface area contributed by atoms with Crippen molar-refractivity contribution in [2.75, 3.05) is 37.6 Å². The van der Waals surface area contributed by atoms with Gasteiger partial charge in [0.1, 0.15) is 0 Å². The van der Waals surface area contributed by atoms with Crippen LogP contribution in [0.3, 0.4) is 0 Å².